The van der Waals surface area contributed by atoms with E-state index in [1.54, 1.807) is 38.1 Å². The molecule has 0 heterocycles. The van der Waals surface area contributed by atoms with Crippen LogP contribution in [0.5, 0.6) is 0 Å². The molecule has 130 valence electrons. The van der Waals surface area contributed by atoms with E-state index in [9.17, 15) is 18.0 Å². The van der Waals surface area contributed by atoms with Crippen molar-refractivity contribution in [2.24, 2.45) is 0 Å². The molecule has 0 fully saturated rings. The summed E-state index contributed by atoms with van der Waals surface area (Å²) in [5.41, 5.74) is -0.229. The molecule has 0 aliphatic heterocycles. The highest BCUT2D eigenvalue weighted by atomic mass is 19.4. The number of nitrogens with one attached hydrogen (secondary N) is 1. The summed E-state index contributed by atoms with van der Waals surface area (Å²) in [6, 6.07) is 13.3. The van der Waals surface area contributed by atoms with E-state index in [1.807, 2.05) is 6.07 Å². The van der Waals surface area contributed by atoms with Gasteiger partial charge in [-0.2, -0.15) is 18.4 Å². The summed E-state index contributed by atoms with van der Waals surface area (Å²) >= 11 is 0. The summed E-state index contributed by atoms with van der Waals surface area (Å²) < 4.78 is 38.6. The molecule has 0 aromatic heterocycles. The van der Waals surface area contributed by atoms with Crippen LogP contribution >= 0.6 is 0 Å². The monoisotopic (exact) mass is 346 g/mol. The Morgan fingerprint density at radius 3 is 2.36 bits per heavy atom. The number of hydrogen-bond acceptors (Lipinski definition) is 2. The Bertz CT molecular complexity index is 820. The summed E-state index contributed by atoms with van der Waals surface area (Å²) in [4.78, 5) is 12.2. The second-order valence-electron chi connectivity index (χ2n) is 6.34. The minimum atomic E-state index is -4.41. The lowest BCUT2D eigenvalue weighted by Gasteiger charge is -2.26. The van der Waals surface area contributed by atoms with E-state index >= 15 is 0 Å². The number of benzene rings is 2. The van der Waals surface area contributed by atoms with Gasteiger partial charge in [-0.1, -0.05) is 38.1 Å². The number of nitrogens with zero attached hydrogens (tertiary/aromatic N) is 1. The Hall–Kier alpha value is -2.81. The number of amides is 1. The van der Waals surface area contributed by atoms with E-state index in [0.29, 0.717) is 16.7 Å². The van der Waals surface area contributed by atoms with Gasteiger partial charge in [-0.25, -0.2) is 0 Å². The van der Waals surface area contributed by atoms with Gasteiger partial charge in [-0.05, 0) is 29.8 Å². The average molecular weight is 346 g/mol. The first-order chi connectivity index (χ1) is 11.6. The minimum absolute atomic E-state index is 0.157. The Kier molecular flexibility index (Phi) is 5.17. The number of nitriles is 1. The van der Waals surface area contributed by atoms with Crippen LogP contribution in [0.15, 0.2) is 48.5 Å². The standard InChI is InChI=1S/C19H17F3N2O/c1-18(2,15-7-4-8-16(10-15)19(20,21)22)12-24-17(25)14-6-3-5-13(9-14)11-23/h3-10H,12H2,1-2H3,(H,24,25). The Morgan fingerprint density at radius 1 is 1.08 bits per heavy atom. The molecule has 0 aliphatic rings. The molecule has 0 aliphatic carbocycles. The number of rotatable bonds is 4. The topological polar surface area (TPSA) is 52.9 Å². The molecule has 0 spiro atoms. The van der Waals surface area contributed by atoms with E-state index in [4.69, 9.17) is 5.26 Å². The molecular formula is C19H17F3N2O. The van der Waals surface area contributed by atoms with Crippen molar-refractivity contribution < 1.29 is 18.0 Å². The number of carbonyl (C=O) groups is 1. The van der Waals surface area contributed by atoms with Gasteiger partial charge >= 0.3 is 6.18 Å². The van der Waals surface area contributed by atoms with Crippen LogP contribution in [0.3, 0.4) is 0 Å². The average Bonchev–Trinajstić information content (AvgIpc) is 2.59. The zero-order chi connectivity index (χ0) is 18.7. The van der Waals surface area contributed by atoms with Crippen molar-refractivity contribution >= 4 is 5.91 Å². The summed E-state index contributed by atoms with van der Waals surface area (Å²) in [7, 11) is 0. The van der Waals surface area contributed by atoms with Gasteiger partial charge in [0.2, 0.25) is 0 Å². The maximum absolute atomic E-state index is 12.9. The molecule has 1 N–H and O–H groups in total. The summed E-state index contributed by atoms with van der Waals surface area (Å²) in [6.45, 7) is 3.67. The van der Waals surface area contributed by atoms with Gasteiger partial charge in [0.1, 0.15) is 0 Å². The van der Waals surface area contributed by atoms with Crippen LogP contribution in [0.4, 0.5) is 13.2 Å². The van der Waals surface area contributed by atoms with E-state index < -0.39 is 17.2 Å². The lowest BCUT2D eigenvalue weighted by Crippen LogP contribution is -2.36. The zero-order valence-corrected chi connectivity index (χ0v) is 13.8. The fraction of sp³-hybridized carbons (Fsp3) is 0.263. The minimum Gasteiger partial charge on any atom is -0.351 e. The van der Waals surface area contributed by atoms with Crippen molar-refractivity contribution in [1.82, 2.24) is 5.32 Å². The third-order valence-electron chi connectivity index (χ3n) is 3.92. The summed E-state index contributed by atoms with van der Waals surface area (Å²) in [5.74, 6) is -0.378. The predicted octanol–water partition coefficient (Wildman–Crippen LogP) is 4.28. The first kappa shape index (κ1) is 18.5. The molecule has 2 rings (SSSR count). The molecule has 0 atom stereocenters. The van der Waals surface area contributed by atoms with Crippen LogP contribution in [-0.2, 0) is 11.6 Å². The molecule has 3 nitrogen and oxygen atoms in total. The number of halogens is 3. The van der Waals surface area contributed by atoms with Crippen LogP contribution in [0.1, 0.15) is 40.9 Å². The predicted molar refractivity (Wildman–Crippen MR) is 88.0 cm³/mol. The first-order valence-corrected chi connectivity index (χ1v) is 7.59. The van der Waals surface area contributed by atoms with E-state index in [1.165, 1.54) is 12.1 Å². The molecular weight excluding hydrogens is 329 g/mol. The van der Waals surface area contributed by atoms with Crippen LogP contribution < -0.4 is 5.32 Å². The van der Waals surface area contributed by atoms with Crippen molar-refractivity contribution in [2.45, 2.75) is 25.4 Å². The molecule has 6 heteroatoms. The van der Waals surface area contributed by atoms with Crippen LogP contribution in [0.2, 0.25) is 0 Å². The summed E-state index contributed by atoms with van der Waals surface area (Å²) in [5, 5.41) is 11.6. The summed E-state index contributed by atoms with van der Waals surface area (Å²) in [6.07, 6.45) is -4.41. The Morgan fingerprint density at radius 2 is 1.72 bits per heavy atom. The smallest absolute Gasteiger partial charge is 0.351 e. The van der Waals surface area contributed by atoms with Crippen LogP contribution in [0.25, 0.3) is 0 Å². The molecule has 0 radical (unpaired) electrons. The number of carbonyl (C=O) groups excluding carboxylic acids is 1. The molecule has 25 heavy (non-hydrogen) atoms. The zero-order valence-electron chi connectivity index (χ0n) is 13.8. The van der Waals surface area contributed by atoms with Gasteiger partial charge in [0.25, 0.3) is 5.91 Å². The lowest BCUT2D eigenvalue weighted by molar-refractivity contribution is -0.137. The Balaban J connectivity index is 2.13. The molecule has 2 aromatic carbocycles. The molecule has 1 amide bonds. The van der Waals surface area contributed by atoms with Gasteiger partial charge in [-0.15, -0.1) is 0 Å². The van der Waals surface area contributed by atoms with E-state index in [2.05, 4.69) is 5.32 Å². The SMILES string of the molecule is CC(C)(CNC(=O)c1cccc(C#N)c1)c1cccc(C(F)(F)F)c1. The fourth-order valence-corrected chi connectivity index (χ4v) is 2.35. The third kappa shape index (κ3) is 4.60. The normalized spacial score (nSPS) is 11.7. The third-order valence-corrected chi connectivity index (χ3v) is 3.92. The molecule has 0 bridgehead atoms. The molecule has 0 saturated heterocycles. The van der Waals surface area contributed by atoms with Gasteiger partial charge in [-0.3, -0.25) is 4.79 Å². The van der Waals surface area contributed by atoms with Gasteiger partial charge < -0.3 is 5.32 Å². The van der Waals surface area contributed by atoms with Crippen molar-refractivity contribution in [3.63, 3.8) is 0 Å². The highest BCUT2D eigenvalue weighted by molar-refractivity contribution is 5.94. The molecule has 0 saturated carbocycles. The van der Waals surface area contributed by atoms with E-state index in [0.717, 1.165) is 12.1 Å². The van der Waals surface area contributed by atoms with Gasteiger partial charge in [0, 0.05) is 17.5 Å². The maximum atomic E-state index is 12.9. The van der Waals surface area contributed by atoms with Crippen LogP contribution in [0, 0.1) is 11.3 Å². The largest absolute Gasteiger partial charge is 0.416 e. The van der Waals surface area contributed by atoms with E-state index in [-0.39, 0.29) is 12.5 Å². The fourth-order valence-electron chi connectivity index (χ4n) is 2.35. The second-order valence-corrected chi connectivity index (χ2v) is 6.34. The van der Waals surface area contributed by atoms with Gasteiger partial charge in [0.05, 0.1) is 17.2 Å². The second kappa shape index (κ2) is 6.98. The van der Waals surface area contributed by atoms with Crippen molar-refractivity contribution in [3.05, 3.63) is 70.8 Å². The Labute approximate surface area is 144 Å². The van der Waals surface area contributed by atoms with Crippen molar-refractivity contribution in [2.75, 3.05) is 6.54 Å². The van der Waals surface area contributed by atoms with Crippen molar-refractivity contribution in [3.8, 4) is 6.07 Å². The lowest BCUT2D eigenvalue weighted by atomic mass is 9.83. The highest BCUT2D eigenvalue weighted by Gasteiger charge is 2.32. The first-order valence-electron chi connectivity index (χ1n) is 7.59. The quantitative estimate of drug-likeness (QED) is 0.898. The van der Waals surface area contributed by atoms with Gasteiger partial charge in [0.15, 0.2) is 0 Å². The maximum Gasteiger partial charge on any atom is 0.416 e. The molecule has 0 unspecified atom stereocenters. The highest BCUT2D eigenvalue weighted by Crippen LogP contribution is 2.32. The number of hydrogen-bond donors (Lipinski definition) is 1. The molecule has 2 aromatic rings. The van der Waals surface area contributed by atoms with Crippen LogP contribution in [-0.4, -0.2) is 12.5 Å². The van der Waals surface area contributed by atoms with Crippen molar-refractivity contribution in [1.29, 1.82) is 5.26 Å². The number of alkyl halides is 3.